The third-order valence-electron chi connectivity index (χ3n) is 1.68. The smallest absolute Gasteiger partial charge is 0.385 e. The first-order valence-electron chi connectivity index (χ1n) is 3.95. The Kier molecular flexibility index (Phi) is 4.98. The summed E-state index contributed by atoms with van der Waals surface area (Å²) < 4.78 is 39.9. The summed E-state index contributed by atoms with van der Waals surface area (Å²) in [7, 11) is 1.45. The molecule has 0 spiro atoms. The lowest BCUT2D eigenvalue weighted by atomic mass is 10.0. The lowest BCUT2D eigenvalue weighted by Gasteiger charge is -2.11. The largest absolute Gasteiger partial charge is 0.395 e. The van der Waals surface area contributed by atoms with E-state index < -0.39 is 24.3 Å². The molecule has 0 saturated carbocycles. The molecule has 0 aliphatic heterocycles. The van der Waals surface area contributed by atoms with Crippen LogP contribution < -0.4 is 0 Å². The van der Waals surface area contributed by atoms with Crippen LogP contribution in [-0.4, -0.2) is 25.7 Å². The van der Waals surface area contributed by atoms with Crippen molar-refractivity contribution in [1.29, 1.82) is 0 Å². The Morgan fingerprint density at radius 2 is 2.00 bits per heavy atom. The number of alkyl halides is 3. The maximum absolute atomic E-state index is 11.7. The second-order valence-electron chi connectivity index (χ2n) is 2.94. The number of rotatable bonds is 5. The molecule has 1 atom stereocenters. The van der Waals surface area contributed by atoms with Gasteiger partial charge in [0.15, 0.2) is 0 Å². The van der Waals surface area contributed by atoms with Crippen LogP contribution in [0.5, 0.6) is 0 Å². The molecule has 1 unspecified atom stereocenters. The number of carbonyl (C=O) groups excluding carboxylic acids is 1. The second kappa shape index (κ2) is 5.21. The first kappa shape index (κ1) is 12.4. The van der Waals surface area contributed by atoms with Crippen molar-refractivity contribution in [3.8, 4) is 0 Å². The van der Waals surface area contributed by atoms with Crippen LogP contribution in [0.25, 0.3) is 0 Å². The van der Waals surface area contributed by atoms with E-state index in [9.17, 15) is 18.0 Å². The van der Waals surface area contributed by atoms with Crippen molar-refractivity contribution in [2.24, 2.45) is 5.92 Å². The van der Waals surface area contributed by atoms with Gasteiger partial charge in [0.25, 0.3) is 0 Å². The Balaban J connectivity index is 3.83. The fourth-order valence-corrected chi connectivity index (χ4v) is 0.827. The number of ether oxygens (including phenoxy) is 1. The van der Waals surface area contributed by atoms with E-state index in [1.165, 1.54) is 14.0 Å². The highest BCUT2D eigenvalue weighted by molar-refractivity contribution is 5.81. The van der Waals surface area contributed by atoms with E-state index in [1.807, 2.05) is 0 Å². The van der Waals surface area contributed by atoms with Gasteiger partial charge in [0.1, 0.15) is 12.2 Å². The number of ketones is 1. The molecular weight excluding hydrogens is 185 g/mol. The molecule has 0 aromatic rings. The highest BCUT2D eigenvalue weighted by atomic mass is 19.4. The van der Waals surface area contributed by atoms with Crippen LogP contribution in [0.15, 0.2) is 0 Å². The Hall–Kier alpha value is -0.580. The minimum Gasteiger partial charge on any atom is -0.385 e. The average molecular weight is 198 g/mol. The number of hydrogen-bond donors (Lipinski definition) is 0. The quantitative estimate of drug-likeness (QED) is 0.676. The molecule has 0 aromatic carbocycles. The molecule has 78 valence electrons. The van der Waals surface area contributed by atoms with Crippen molar-refractivity contribution in [2.45, 2.75) is 25.9 Å². The van der Waals surface area contributed by atoms with Gasteiger partial charge in [0, 0.05) is 19.6 Å². The molecule has 5 heteroatoms. The molecule has 2 nitrogen and oxygen atoms in total. The summed E-state index contributed by atoms with van der Waals surface area (Å²) in [6.45, 7) is 1.79. The van der Waals surface area contributed by atoms with Gasteiger partial charge in [-0.3, -0.25) is 4.79 Å². The molecule has 0 saturated heterocycles. The number of halogens is 3. The van der Waals surface area contributed by atoms with Crippen LogP contribution in [0.3, 0.4) is 0 Å². The predicted octanol–water partition coefficient (Wildman–Crippen LogP) is 2.18. The van der Waals surface area contributed by atoms with E-state index in [2.05, 4.69) is 4.74 Å². The lowest BCUT2D eigenvalue weighted by molar-refractivity contribution is -0.155. The number of hydrogen-bond acceptors (Lipinski definition) is 2. The van der Waals surface area contributed by atoms with Gasteiger partial charge >= 0.3 is 6.18 Å². The van der Waals surface area contributed by atoms with Crippen LogP contribution >= 0.6 is 0 Å². The maximum Gasteiger partial charge on any atom is 0.395 e. The number of Topliss-reactive ketones (excluding diaryl/α,β-unsaturated/α-hetero) is 1. The highest BCUT2D eigenvalue weighted by Gasteiger charge is 2.32. The topological polar surface area (TPSA) is 26.3 Å². The average Bonchev–Trinajstić information content (AvgIpc) is 1.96. The van der Waals surface area contributed by atoms with E-state index in [0.29, 0.717) is 13.0 Å². The zero-order chi connectivity index (χ0) is 10.5. The van der Waals surface area contributed by atoms with E-state index in [4.69, 9.17) is 0 Å². The molecule has 0 fully saturated rings. The first-order valence-corrected chi connectivity index (χ1v) is 3.95. The highest BCUT2D eigenvalue weighted by Crippen LogP contribution is 2.22. The number of carbonyl (C=O) groups is 1. The zero-order valence-electron chi connectivity index (χ0n) is 7.65. The molecule has 0 radical (unpaired) electrons. The summed E-state index contributed by atoms with van der Waals surface area (Å²) in [5.41, 5.74) is 0. The Morgan fingerprint density at radius 1 is 1.46 bits per heavy atom. The molecule has 0 N–H and O–H groups in total. The minimum atomic E-state index is -4.39. The summed E-state index contributed by atoms with van der Waals surface area (Å²) in [6, 6.07) is 0. The normalized spacial score (nSPS) is 14.2. The molecule has 0 bridgehead atoms. The Bertz CT molecular complexity index is 165. The van der Waals surface area contributed by atoms with Gasteiger partial charge in [-0.1, -0.05) is 6.92 Å². The molecule has 0 amide bonds. The fourth-order valence-electron chi connectivity index (χ4n) is 0.827. The molecule has 0 aliphatic carbocycles. The summed E-state index contributed by atoms with van der Waals surface area (Å²) in [4.78, 5) is 10.9. The van der Waals surface area contributed by atoms with Gasteiger partial charge in [0.05, 0.1) is 0 Å². The zero-order valence-corrected chi connectivity index (χ0v) is 7.65. The molecule has 0 rings (SSSR count). The Morgan fingerprint density at radius 3 is 2.38 bits per heavy atom. The van der Waals surface area contributed by atoms with Crippen molar-refractivity contribution in [2.75, 3.05) is 13.7 Å². The number of methoxy groups -OCH3 is 1. The standard InChI is InChI=1S/C8H13F3O2/c1-6(3-4-13-2)7(12)5-8(9,10)11/h6H,3-5H2,1-2H3. The van der Waals surface area contributed by atoms with Crippen molar-refractivity contribution in [3.05, 3.63) is 0 Å². The predicted molar refractivity (Wildman–Crippen MR) is 41.3 cm³/mol. The Labute approximate surface area is 75.1 Å². The van der Waals surface area contributed by atoms with Gasteiger partial charge in [-0.05, 0) is 6.42 Å². The first-order chi connectivity index (χ1) is 5.87. The summed E-state index contributed by atoms with van der Waals surface area (Å²) in [5.74, 6) is -1.36. The van der Waals surface area contributed by atoms with E-state index in [1.54, 1.807) is 0 Å². The van der Waals surface area contributed by atoms with Crippen LogP contribution in [0, 0.1) is 5.92 Å². The van der Waals surface area contributed by atoms with Crippen molar-refractivity contribution < 1.29 is 22.7 Å². The summed E-state index contributed by atoms with van der Waals surface area (Å²) in [6.07, 6.45) is -5.39. The van der Waals surface area contributed by atoms with Crippen LogP contribution in [0.1, 0.15) is 19.8 Å². The molecule has 0 aromatic heterocycles. The van der Waals surface area contributed by atoms with Gasteiger partial charge < -0.3 is 4.74 Å². The van der Waals surface area contributed by atoms with Crippen LogP contribution in [0.2, 0.25) is 0 Å². The van der Waals surface area contributed by atoms with Crippen molar-refractivity contribution in [3.63, 3.8) is 0 Å². The summed E-state index contributed by atoms with van der Waals surface area (Å²) >= 11 is 0. The summed E-state index contributed by atoms with van der Waals surface area (Å²) in [5, 5.41) is 0. The third kappa shape index (κ3) is 6.57. The third-order valence-corrected chi connectivity index (χ3v) is 1.68. The molecule has 0 aliphatic rings. The van der Waals surface area contributed by atoms with E-state index in [0.717, 1.165) is 0 Å². The van der Waals surface area contributed by atoms with Gasteiger partial charge in [-0.15, -0.1) is 0 Å². The minimum absolute atomic E-state index is 0.310. The molecule has 13 heavy (non-hydrogen) atoms. The van der Waals surface area contributed by atoms with Gasteiger partial charge in [-0.25, -0.2) is 0 Å². The lowest BCUT2D eigenvalue weighted by Crippen LogP contribution is -2.21. The fraction of sp³-hybridized carbons (Fsp3) is 0.875. The monoisotopic (exact) mass is 198 g/mol. The van der Waals surface area contributed by atoms with Gasteiger partial charge in [0.2, 0.25) is 0 Å². The van der Waals surface area contributed by atoms with E-state index >= 15 is 0 Å². The maximum atomic E-state index is 11.7. The van der Waals surface area contributed by atoms with Gasteiger partial charge in [-0.2, -0.15) is 13.2 Å². The van der Waals surface area contributed by atoms with Crippen LogP contribution in [0.4, 0.5) is 13.2 Å². The molecule has 0 heterocycles. The second-order valence-corrected chi connectivity index (χ2v) is 2.94. The van der Waals surface area contributed by atoms with Crippen molar-refractivity contribution in [1.82, 2.24) is 0 Å². The SMILES string of the molecule is COCCC(C)C(=O)CC(F)(F)F. The molecular formula is C8H13F3O2. The van der Waals surface area contributed by atoms with Crippen molar-refractivity contribution >= 4 is 5.78 Å². The van der Waals surface area contributed by atoms with Crippen LogP contribution in [-0.2, 0) is 9.53 Å². The van der Waals surface area contributed by atoms with E-state index in [-0.39, 0.29) is 0 Å².